The summed E-state index contributed by atoms with van der Waals surface area (Å²) < 4.78 is 1.78. The van der Waals surface area contributed by atoms with Gasteiger partial charge < -0.3 is 0 Å². The van der Waals surface area contributed by atoms with Crippen LogP contribution >= 0.6 is 11.6 Å². The van der Waals surface area contributed by atoms with Crippen molar-refractivity contribution in [3.05, 3.63) is 52.8 Å². The van der Waals surface area contributed by atoms with Gasteiger partial charge in [0.05, 0.1) is 16.8 Å². The van der Waals surface area contributed by atoms with Crippen molar-refractivity contribution in [1.29, 1.82) is 5.26 Å². The Kier molecular flexibility index (Phi) is 4.43. The minimum absolute atomic E-state index is 0.613. The summed E-state index contributed by atoms with van der Waals surface area (Å²) in [6, 6.07) is 12.1. The van der Waals surface area contributed by atoms with Gasteiger partial charge in [-0.05, 0) is 19.5 Å². The molecule has 1 N–H and O–H groups in total. The van der Waals surface area contributed by atoms with Gasteiger partial charge >= 0.3 is 0 Å². The van der Waals surface area contributed by atoms with E-state index in [0.29, 0.717) is 18.0 Å². The number of nitrogens with one attached hydrogen (secondary N) is 1. The summed E-state index contributed by atoms with van der Waals surface area (Å²) in [6.45, 7) is 2.49. The molecule has 1 atom stereocenters. The van der Waals surface area contributed by atoms with Crippen molar-refractivity contribution in [2.45, 2.75) is 25.4 Å². The van der Waals surface area contributed by atoms with Crippen molar-refractivity contribution < 1.29 is 0 Å². The molecule has 104 valence electrons. The Morgan fingerprint density at radius 1 is 1.40 bits per heavy atom. The molecule has 1 aromatic heterocycles. The van der Waals surface area contributed by atoms with Crippen molar-refractivity contribution in [3.8, 4) is 6.07 Å². The first-order chi connectivity index (χ1) is 9.61. The number of benzene rings is 1. The lowest BCUT2D eigenvalue weighted by molar-refractivity contribution is 0.389. The molecule has 0 aliphatic rings. The third-order valence-electron chi connectivity index (χ3n) is 3.49. The normalized spacial score (nSPS) is 13.7. The average Bonchev–Trinajstić information content (AvgIpc) is 2.81. The lowest BCUT2D eigenvalue weighted by atomic mass is 9.88. The van der Waals surface area contributed by atoms with E-state index in [1.165, 1.54) is 0 Å². The van der Waals surface area contributed by atoms with Crippen LogP contribution in [0.4, 0.5) is 0 Å². The Morgan fingerprint density at radius 3 is 2.60 bits per heavy atom. The first-order valence-corrected chi connectivity index (χ1v) is 6.84. The van der Waals surface area contributed by atoms with E-state index in [1.54, 1.807) is 17.9 Å². The fraction of sp³-hybridized carbons (Fsp3) is 0.333. The highest BCUT2D eigenvalue weighted by atomic mass is 35.5. The van der Waals surface area contributed by atoms with E-state index >= 15 is 0 Å². The predicted octanol–water partition coefficient (Wildman–Crippen LogP) is 2.87. The van der Waals surface area contributed by atoms with Gasteiger partial charge in [0.2, 0.25) is 0 Å². The number of halogens is 1. The molecular weight excluding hydrogens is 272 g/mol. The molecule has 0 bridgehead atoms. The zero-order chi connectivity index (χ0) is 14.6. The van der Waals surface area contributed by atoms with E-state index in [0.717, 1.165) is 11.3 Å². The van der Waals surface area contributed by atoms with E-state index in [-0.39, 0.29) is 0 Å². The van der Waals surface area contributed by atoms with Crippen LogP contribution in [-0.4, -0.2) is 16.8 Å². The Hall–Kier alpha value is -1.83. The van der Waals surface area contributed by atoms with Crippen molar-refractivity contribution in [3.63, 3.8) is 0 Å². The second-order valence-corrected chi connectivity index (χ2v) is 5.12. The van der Waals surface area contributed by atoms with Crippen LogP contribution in [0.3, 0.4) is 0 Å². The predicted molar refractivity (Wildman–Crippen MR) is 79.4 cm³/mol. The van der Waals surface area contributed by atoms with E-state index < -0.39 is 5.54 Å². The molecule has 1 unspecified atom stereocenters. The summed E-state index contributed by atoms with van der Waals surface area (Å²) in [5.74, 6) is 0. The molecule has 0 radical (unpaired) electrons. The molecule has 2 rings (SSSR count). The summed E-state index contributed by atoms with van der Waals surface area (Å²) >= 11 is 6.00. The molecular formula is C15H17ClN4. The summed E-state index contributed by atoms with van der Waals surface area (Å²) in [7, 11) is 1.80. The largest absolute Gasteiger partial charge is 0.299 e. The maximum absolute atomic E-state index is 9.60. The second-order valence-electron chi connectivity index (χ2n) is 4.71. The Labute approximate surface area is 124 Å². The molecule has 0 saturated heterocycles. The van der Waals surface area contributed by atoms with Crippen molar-refractivity contribution in [2.24, 2.45) is 0 Å². The Balaban J connectivity index is 2.20. The van der Waals surface area contributed by atoms with E-state index in [4.69, 9.17) is 11.6 Å². The highest BCUT2D eigenvalue weighted by Gasteiger charge is 2.30. The summed E-state index contributed by atoms with van der Waals surface area (Å²) in [5, 5.41) is 17.7. The molecule has 5 heteroatoms. The van der Waals surface area contributed by atoms with Crippen LogP contribution in [0.5, 0.6) is 0 Å². The second kappa shape index (κ2) is 6.08. The van der Waals surface area contributed by atoms with Crippen molar-refractivity contribution in [2.75, 3.05) is 7.05 Å². The summed E-state index contributed by atoms with van der Waals surface area (Å²) in [6.07, 6.45) is 2.40. The monoisotopic (exact) mass is 288 g/mol. The molecule has 0 amide bonds. The SMILES string of the molecule is CNC(C#N)(CCn1cc(Cl)c(C)n1)c1ccccc1. The molecule has 0 spiro atoms. The van der Waals surface area contributed by atoms with Gasteiger partial charge in [0.25, 0.3) is 0 Å². The average molecular weight is 289 g/mol. The molecule has 0 saturated carbocycles. The van der Waals surface area contributed by atoms with Gasteiger partial charge in [-0.1, -0.05) is 41.9 Å². The number of hydrogen-bond acceptors (Lipinski definition) is 3. The van der Waals surface area contributed by atoms with Gasteiger partial charge in [-0.2, -0.15) is 10.4 Å². The summed E-state index contributed by atoms with van der Waals surface area (Å²) in [5.41, 5.74) is 1.05. The first kappa shape index (κ1) is 14.6. The lowest BCUT2D eigenvalue weighted by Gasteiger charge is -2.26. The van der Waals surface area contributed by atoms with E-state index in [1.807, 2.05) is 37.3 Å². The van der Waals surface area contributed by atoms with Crippen LogP contribution in [0.2, 0.25) is 5.02 Å². The van der Waals surface area contributed by atoms with Gasteiger partial charge in [-0.25, -0.2) is 0 Å². The van der Waals surface area contributed by atoms with Gasteiger partial charge in [-0.15, -0.1) is 0 Å². The third kappa shape index (κ3) is 2.84. The quantitative estimate of drug-likeness (QED) is 0.920. The molecule has 0 aliphatic heterocycles. The lowest BCUT2D eigenvalue weighted by Crippen LogP contribution is -2.39. The zero-order valence-electron chi connectivity index (χ0n) is 11.6. The topological polar surface area (TPSA) is 53.6 Å². The van der Waals surface area contributed by atoms with Crippen molar-refractivity contribution in [1.82, 2.24) is 15.1 Å². The highest BCUT2D eigenvalue weighted by molar-refractivity contribution is 6.31. The number of rotatable bonds is 5. The smallest absolute Gasteiger partial charge is 0.133 e. The Bertz CT molecular complexity index is 595. The highest BCUT2D eigenvalue weighted by Crippen LogP contribution is 2.25. The van der Waals surface area contributed by atoms with Gasteiger partial charge in [0, 0.05) is 19.2 Å². The molecule has 4 nitrogen and oxygen atoms in total. The standard InChI is InChI=1S/C15H17ClN4/c1-12-14(16)10-20(19-12)9-8-15(11-17,18-2)13-6-4-3-5-7-13/h3-7,10,18H,8-9H2,1-2H3. The minimum atomic E-state index is -0.715. The fourth-order valence-electron chi connectivity index (χ4n) is 2.20. The molecule has 0 fully saturated rings. The third-order valence-corrected chi connectivity index (χ3v) is 3.86. The minimum Gasteiger partial charge on any atom is -0.299 e. The van der Waals surface area contributed by atoms with Crippen LogP contribution in [0.1, 0.15) is 17.7 Å². The number of nitriles is 1. The molecule has 1 aromatic carbocycles. The number of nitrogens with zero attached hydrogens (tertiary/aromatic N) is 3. The zero-order valence-corrected chi connectivity index (χ0v) is 12.4. The number of aryl methyl sites for hydroxylation is 2. The van der Waals surface area contributed by atoms with E-state index in [9.17, 15) is 5.26 Å². The van der Waals surface area contributed by atoms with Crippen LogP contribution in [0.25, 0.3) is 0 Å². The maximum Gasteiger partial charge on any atom is 0.133 e. The van der Waals surface area contributed by atoms with Crippen molar-refractivity contribution >= 4 is 11.6 Å². The molecule has 2 aromatic rings. The van der Waals surface area contributed by atoms with Gasteiger partial charge in [0.15, 0.2) is 0 Å². The molecule has 20 heavy (non-hydrogen) atoms. The number of aromatic nitrogens is 2. The first-order valence-electron chi connectivity index (χ1n) is 6.46. The maximum atomic E-state index is 9.60. The van der Waals surface area contributed by atoms with Gasteiger partial charge in [-0.3, -0.25) is 10.00 Å². The van der Waals surface area contributed by atoms with Gasteiger partial charge in [0.1, 0.15) is 5.54 Å². The molecule has 1 heterocycles. The number of hydrogen-bond donors (Lipinski definition) is 1. The van der Waals surface area contributed by atoms with Crippen LogP contribution in [-0.2, 0) is 12.1 Å². The fourth-order valence-corrected chi connectivity index (χ4v) is 2.35. The summed E-state index contributed by atoms with van der Waals surface area (Å²) in [4.78, 5) is 0. The molecule has 0 aliphatic carbocycles. The van der Waals surface area contributed by atoms with Crippen LogP contribution in [0, 0.1) is 18.3 Å². The van der Waals surface area contributed by atoms with E-state index in [2.05, 4.69) is 16.5 Å². The van der Waals surface area contributed by atoms with Crippen LogP contribution < -0.4 is 5.32 Å². The Morgan fingerprint density at radius 2 is 2.10 bits per heavy atom. The van der Waals surface area contributed by atoms with Crippen LogP contribution in [0.15, 0.2) is 36.5 Å².